The molecule has 0 heterocycles. The number of nitrogens with zero attached hydrogens (tertiary/aromatic N) is 1. The highest BCUT2D eigenvalue weighted by atomic mass is 19.4. The molecular formula is C26H22F6N2O2. The Morgan fingerprint density at radius 3 is 1.83 bits per heavy atom. The van der Waals surface area contributed by atoms with E-state index in [4.69, 9.17) is 0 Å². The monoisotopic (exact) mass is 508 g/mol. The summed E-state index contributed by atoms with van der Waals surface area (Å²) in [5.41, 5.74) is -3.19. The van der Waals surface area contributed by atoms with Crippen molar-refractivity contribution in [1.29, 1.82) is 0 Å². The number of carbonyl (C=O) groups excluding carboxylic acids is 2. The second kappa shape index (κ2) is 9.67. The number of halogens is 6. The predicted molar refractivity (Wildman–Crippen MR) is 122 cm³/mol. The summed E-state index contributed by atoms with van der Waals surface area (Å²) < 4.78 is 78.8. The van der Waals surface area contributed by atoms with Gasteiger partial charge in [-0.15, -0.1) is 0 Å². The second-order valence-corrected chi connectivity index (χ2v) is 8.48. The van der Waals surface area contributed by atoms with E-state index >= 15 is 0 Å². The topological polar surface area (TPSA) is 49.4 Å². The van der Waals surface area contributed by atoms with Gasteiger partial charge in [-0.05, 0) is 53.9 Å². The molecule has 0 aliphatic heterocycles. The maximum Gasteiger partial charge on any atom is 0.416 e. The van der Waals surface area contributed by atoms with Gasteiger partial charge in [-0.1, -0.05) is 42.5 Å². The van der Waals surface area contributed by atoms with E-state index in [0.717, 1.165) is 35.2 Å². The summed E-state index contributed by atoms with van der Waals surface area (Å²) in [5.74, 6) is -1.47. The number of hydrogen-bond acceptors (Lipinski definition) is 2. The lowest BCUT2D eigenvalue weighted by Gasteiger charge is -2.33. The molecule has 0 spiro atoms. The summed E-state index contributed by atoms with van der Waals surface area (Å²) in [6.45, 7) is 1.30. The number of alkyl halides is 6. The van der Waals surface area contributed by atoms with Gasteiger partial charge >= 0.3 is 12.4 Å². The first-order valence-electron chi connectivity index (χ1n) is 10.6. The Morgan fingerprint density at radius 2 is 1.28 bits per heavy atom. The number of benzene rings is 3. The minimum Gasteiger partial charge on any atom is -0.346 e. The number of carbonyl (C=O) groups is 2. The van der Waals surface area contributed by atoms with E-state index in [9.17, 15) is 35.9 Å². The van der Waals surface area contributed by atoms with Crippen molar-refractivity contribution in [3.05, 3.63) is 95.1 Å². The zero-order valence-electron chi connectivity index (χ0n) is 19.5. The van der Waals surface area contributed by atoms with Crippen molar-refractivity contribution >= 4 is 11.8 Å². The molecule has 0 aromatic heterocycles. The van der Waals surface area contributed by atoms with Crippen LogP contribution in [0, 0.1) is 0 Å². The van der Waals surface area contributed by atoms with Crippen molar-refractivity contribution in [2.24, 2.45) is 0 Å². The minimum atomic E-state index is -4.67. The van der Waals surface area contributed by atoms with Gasteiger partial charge in [0, 0.05) is 19.7 Å². The lowest BCUT2D eigenvalue weighted by Crippen LogP contribution is -2.54. The Morgan fingerprint density at radius 1 is 0.722 bits per heavy atom. The Bertz CT molecular complexity index is 1270. The average Bonchev–Trinajstić information content (AvgIpc) is 2.82. The van der Waals surface area contributed by atoms with Crippen molar-refractivity contribution in [2.75, 3.05) is 14.1 Å². The van der Waals surface area contributed by atoms with Crippen LogP contribution in [0.3, 0.4) is 0 Å². The van der Waals surface area contributed by atoms with Gasteiger partial charge in [0.15, 0.2) is 0 Å². The fourth-order valence-electron chi connectivity index (χ4n) is 3.77. The first kappa shape index (κ1) is 26.8. The molecule has 0 aliphatic carbocycles. The Balaban J connectivity index is 2.05. The molecule has 0 bridgehead atoms. The van der Waals surface area contributed by atoms with E-state index in [1.807, 2.05) is 0 Å². The van der Waals surface area contributed by atoms with Crippen LogP contribution in [0.15, 0.2) is 72.8 Å². The van der Waals surface area contributed by atoms with Gasteiger partial charge in [0.25, 0.3) is 11.8 Å². The van der Waals surface area contributed by atoms with Crippen LogP contribution in [0.1, 0.15) is 34.0 Å². The largest absolute Gasteiger partial charge is 0.416 e. The van der Waals surface area contributed by atoms with Gasteiger partial charge in [0.1, 0.15) is 5.54 Å². The molecule has 0 aliphatic rings. The third kappa shape index (κ3) is 5.53. The SMILES string of the molecule is CN(C)C(=O)C(C)(NC(=O)c1ccccc1-c1ccc(C(F)(F)F)cc1)c1cccc(C(F)(F)F)c1. The van der Waals surface area contributed by atoms with Crippen molar-refractivity contribution in [2.45, 2.75) is 24.8 Å². The molecule has 0 fully saturated rings. The first-order valence-corrected chi connectivity index (χ1v) is 10.6. The van der Waals surface area contributed by atoms with Crippen molar-refractivity contribution in [1.82, 2.24) is 10.2 Å². The normalized spacial score (nSPS) is 13.6. The Hall–Kier alpha value is -3.82. The van der Waals surface area contributed by atoms with Crippen LogP contribution in [0.25, 0.3) is 11.1 Å². The molecule has 3 aromatic rings. The van der Waals surface area contributed by atoms with E-state index in [-0.39, 0.29) is 16.7 Å². The molecule has 190 valence electrons. The Kier molecular flexibility index (Phi) is 7.20. The molecule has 1 N–H and O–H groups in total. The van der Waals surface area contributed by atoms with E-state index < -0.39 is 40.8 Å². The zero-order chi connectivity index (χ0) is 26.9. The zero-order valence-corrected chi connectivity index (χ0v) is 19.5. The van der Waals surface area contributed by atoms with E-state index in [0.29, 0.717) is 5.56 Å². The average molecular weight is 508 g/mol. The van der Waals surface area contributed by atoms with Crippen LogP contribution in [-0.2, 0) is 22.7 Å². The fourth-order valence-corrected chi connectivity index (χ4v) is 3.77. The van der Waals surface area contributed by atoms with Crippen molar-refractivity contribution < 1.29 is 35.9 Å². The van der Waals surface area contributed by atoms with E-state index in [1.165, 1.54) is 57.4 Å². The molecule has 3 rings (SSSR count). The van der Waals surface area contributed by atoms with Crippen LogP contribution in [-0.4, -0.2) is 30.8 Å². The molecule has 4 nitrogen and oxygen atoms in total. The third-order valence-electron chi connectivity index (χ3n) is 5.66. The van der Waals surface area contributed by atoms with Gasteiger partial charge in [0.05, 0.1) is 11.1 Å². The number of rotatable bonds is 5. The number of likely N-dealkylation sites (N-methyl/N-ethyl adjacent to an activating group) is 1. The molecule has 0 saturated heterocycles. The predicted octanol–water partition coefficient (Wildman–Crippen LogP) is 6.12. The number of amides is 2. The smallest absolute Gasteiger partial charge is 0.346 e. The molecule has 1 atom stereocenters. The van der Waals surface area contributed by atoms with E-state index in [2.05, 4.69) is 5.32 Å². The van der Waals surface area contributed by atoms with Gasteiger partial charge in [-0.2, -0.15) is 26.3 Å². The molecule has 10 heteroatoms. The van der Waals surface area contributed by atoms with Gasteiger partial charge in [0.2, 0.25) is 0 Å². The van der Waals surface area contributed by atoms with Crippen LogP contribution >= 0.6 is 0 Å². The Labute approximate surface area is 203 Å². The summed E-state index contributed by atoms with van der Waals surface area (Å²) in [4.78, 5) is 27.6. The summed E-state index contributed by atoms with van der Waals surface area (Å²) in [7, 11) is 2.80. The van der Waals surface area contributed by atoms with Crippen LogP contribution in [0.4, 0.5) is 26.3 Å². The third-order valence-corrected chi connectivity index (χ3v) is 5.66. The first-order chi connectivity index (χ1) is 16.6. The number of hydrogen-bond donors (Lipinski definition) is 1. The summed E-state index contributed by atoms with van der Waals surface area (Å²) >= 11 is 0. The summed E-state index contributed by atoms with van der Waals surface area (Å²) in [6.07, 6.45) is -9.20. The molecule has 2 amide bonds. The van der Waals surface area contributed by atoms with Crippen molar-refractivity contribution in [3.63, 3.8) is 0 Å². The quantitative estimate of drug-likeness (QED) is 0.422. The van der Waals surface area contributed by atoms with Gasteiger partial charge in [-0.3, -0.25) is 9.59 Å². The molecule has 0 saturated carbocycles. The van der Waals surface area contributed by atoms with Gasteiger partial charge < -0.3 is 10.2 Å². The highest BCUT2D eigenvalue weighted by Crippen LogP contribution is 2.34. The summed E-state index contributed by atoms with van der Waals surface area (Å²) in [5, 5.41) is 2.55. The fraction of sp³-hybridized carbons (Fsp3) is 0.231. The standard InChI is InChI=1S/C26H22F6N2O2/c1-24(23(36)34(2)3,18-7-6-8-19(15-18)26(30,31)32)33-22(35)21-10-5-4-9-20(21)16-11-13-17(14-12-16)25(27,28)29/h4-15H,1-3H3,(H,33,35). The molecule has 36 heavy (non-hydrogen) atoms. The van der Waals surface area contributed by atoms with Crippen LogP contribution in [0.2, 0.25) is 0 Å². The van der Waals surface area contributed by atoms with Crippen LogP contribution < -0.4 is 5.32 Å². The van der Waals surface area contributed by atoms with E-state index in [1.54, 1.807) is 6.07 Å². The summed E-state index contributed by atoms with van der Waals surface area (Å²) in [6, 6.07) is 14.3. The molecule has 1 unspecified atom stereocenters. The van der Waals surface area contributed by atoms with Crippen LogP contribution in [0.5, 0.6) is 0 Å². The lowest BCUT2D eigenvalue weighted by atomic mass is 9.88. The van der Waals surface area contributed by atoms with Gasteiger partial charge in [-0.25, -0.2) is 0 Å². The minimum absolute atomic E-state index is 0.0296. The van der Waals surface area contributed by atoms with Crippen molar-refractivity contribution in [3.8, 4) is 11.1 Å². The maximum absolute atomic E-state index is 13.4. The maximum atomic E-state index is 13.4. The number of nitrogens with one attached hydrogen (secondary N) is 1. The highest BCUT2D eigenvalue weighted by Gasteiger charge is 2.40. The highest BCUT2D eigenvalue weighted by molar-refractivity contribution is 6.04. The molecule has 0 radical (unpaired) electrons. The molecular weight excluding hydrogens is 486 g/mol. The lowest BCUT2D eigenvalue weighted by molar-refractivity contribution is -0.138. The molecule has 3 aromatic carbocycles. The second-order valence-electron chi connectivity index (χ2n) is 8.48.